The average Bonchev–Trinajstić information content (AvgIpc) is 2.60. The van der Waals surface area contributed by atoms with Gasteiger partial charge < -0.3 is 10.6 Å². The molecule has 1 amide bonds. The first kappa shape index (κ1) is 14.4. The maximum atomic E-state index is 15.2. The minimum atomic E-state index is -1.64. The molecule has 114 valence electrons. The van der Waals surface area contributed by atoms with Gasteiger partial charge in [0.15, 0.2) is 0 Å². The smallest absolute Gasteiger partial charge is 0.236 e. The van der Waals surface area contributed by atoms with E-state index >= 15 is 4.39 Å². The van der Waals surface area contributed by atoms with Crippen molar-refractivity contribution in [3.05, 3.63) is 30.1 Å². The Labute approximate surface area is 123 Å². The van der Waals surface area contributed by atoms with Crippen LogP contribution in [0.4, 0.5) is 14.5 Å². The Balaban J connectivity index is 1.99. The van der Waals surface area contributed by atoms with Crippen molar-refractivity contribution in [2.75, 3.05) is 11.4 Å². The number of amides is 1. The second-order valence-electron chi connectivity index (χ2n) is 6.51. The van der Waals surface area contributed by atoms with Gasteiger partial charge in [0.1, 0.15) is 11.5 Å². The van der Waals surface area contributed by atoms with Gasteiger partial charge in [-0.2, -0.15) is 0 Å². The van der Waals surface area contributed by atoms with Gasteiger partial charge in [0.05, 0.1) is 12.0 Å². The van der Waals surface area contributed by atoms with E-state index in [4.69, 9.17) is 5.73 Å². The molecule has 21 heavy (non-hydrogen) atoms. The Hall–Kier alpha value is -1.49. The van der Waals surface area contributed by atoms with Crippen LogP contribution in [0.1, 0.15) is 32.6 Å². The molecule has 2 fully saturated rings. The summed E-state index contributed by atoms with van der Waals surface area (Å²) in [5, 5.41) is 0. The summed E-state index contributed by atoms with van der Waals surface area (Å²) in [7, 11) is 0. The van der Waals surface area contributed by atoms with Crippen molar-refractivity contribution in [3.8, 4) is 0 Å². The monoisotopic (exact) mass is 294 g/mol. The largest absolute Gasteiger partial charge is 0.328 e. The molecule has 2 aliphatic rings. The van der Waals surface area contributed by atoms with E-state index in [1.54, 1.807) is 6.07 Å². The molecule has 1 aliphatic carbocycles. The maximum Gasteiger partial charge on any atom is 0.236 e. The number of nitrogens with two attached hydrogens (primary N) is 1. The molecule has 1 saturated carbocycles. The van der Waals surface area contributed by atoms with Crippen LogP contribution >= 0.6 is 0 Å². The highest BCUT2D eigenvalue weighted by Crippen LogP contribution is 2.53. The average molecular weight is 294 g/mol. The van der Waals surface area contributed by atoms with Crippen LogP contribution in [0.5, 0.6) is 0 Å². The molecule has 0 bridgehead atoms. The SMILES string of the molecule is CC1(F)CN(c2cccc(F)c2)C(=O)C12CCCC(N)C2. The number of hydrogen-bond acceptors (Lipinski definition) is 2. The van der Waals surface area contributed by atoms with Gasteiger partial charge in [0.25, 0.3) is 0 Å². The molecule has 3 nitrogen and oxygen atoms in total. The summed E-state index contributed by atoms with van der Waals surface area (Å²) in [6, 6.07) is 5.61. The topological polar surface area (TPSA) is 46.3 Å². The molecule has 1 spiro atoms. The third-order valence-electron chi connectivity index (χ3n) is 5.02. The van der Waals surface area contributed by atoms with Crippen molar-refractivity contribution in [2.45, 2.75) is 44.3 Å². The van der Waals surface area contributed by atoms with Crippen molar-refractivity contribution in [2.24, 2.45) is 11.1 Å². The van der Waals surface area contributed by atoms with E-state index in [9.17, 15) is 9.18 Å². The second kappa shape index (κ2) is 4.77. The highest BCUT2D eigenvalue weighted by atomic mass is 19.1. The molecule has 2 N–H and O–H groups in total. The number of anilines is 1. The zero-order chi connectivity index (χ0) is 15.3. The first-order chi connectivity index (χ1) is 9.86. The van der Waals surface area contributed by atoms with E-state index in [-0.39, 0.29) is 18.5 Å². The van der Waals surface area contributed by atoms with Gasteiger partial charge in [-0.25, -0.2) is 8.78 Å². The van der Waals surface area contributed by atoms with Crippen LogP contribution in [0.3, 0.4) is 0 Å². The number of alkyl halides is 1. The maximum absolute atomic E-state index is 15.2. The van der Waals surface area contributed by atoms with E-state index < -0.39 is 16.9 Å². The zero-order valence-electron chi connectivity index (χ0n) is 12.1. The van der Waals surface area contributed by atoms with Crippen molar-refractivity contribution >= 4 is 11.6 Å². The fraction of sp³-hybridized carbons (Fsp3) is 0.562. The molecule has 3 rings (SSSR count). The van der Waals surface area contributed by atoms with Gasteiger partial charge in [-0.15, -0.1) is 0 Å². The molecule has 1 aromatic carbocycles. The zero-order valence-corrected chi connectivity index (χ0v) is 12.1. The van der Waals surface area contributed by atoms with E-state index in [0.29, 0.717) is 18.5 Å². The molecule has 1 heterocycles. The lowest BCUT2D eigenvalue weighted by Crippen LogP contribution is -2.50. The molecule has 1 saturated heterocycles. The Kier molecular flexibility index (Phi) is 3.28. The summed E-state index contributed by atoms with van der Waals surface area (Å²) in [6.07, 6.45) is 2.46. The van der Waals surface area contributed by atoms with Crippen molar-refractivity contribution < 1.29 is 13.6 Å². The van der Waals surface area contributed by atoms with Gasteiger partial charge in [-0.05, 0) is 44.4 Å². The first-order valence-corrected chi connectivity index (χ1v) is 7.38. The lowest BCUT2D eigenvalue weighted by atomic mass is 9.65. The van der Waals surface area contributed by atoms with Gasteiger partial charge in [0, 0.05) is 11.7 Å². The first-order valence-electron chi connectivity index (χ1n) is 7.38. The molecule has 0 radical (unpaired) electrons. The minimum Gasteiger partial charge on any atom is -0.328 e. The Morgan fingerprint density at radius 2 is 2.19 bits per heavy atom. The third-order valence-corrected chi connectivity index (χ3v) is 5.02. The molecule has 5 heteroatoms. The molecule has 3 unspecified atom stereocenters. The lowest BCUT2D eigenvalue weighted by Gasteiger charge is -2.40. The van der Waals surface area contributed by atoms with Crippen LogP contribution in [0.2, 0.25) is 0 Å². The van der Waals surface area contributed by atoms with E-state index in [2.05, 4.69) is 0 Å². The number of halogens is 2. The van der Waals surface area contributed by atoms with Crippen LogP contribution in [-0.2, 0) is 4.79 Å². The summed E-state index contributed by atoms with van der Waals surface area (Å²) in [4.78, 5) is 14.2. The van der Waals surface area contributed by atoms with Crippen LogP contribution in [0, 0.1) is 11.2 Å². The van der Waals surface area contributed by atoms with Crippen LogP contribution < -0.4 is 10.6 Å². The van der Waals surface area contributed by atoms with Crippen LogP contribution in [0.25, 0.3) is 0 Å². The van der Waals surface area contributed by atoms with Crippen molar-refractivity contribution in [1.82, 2.24) is 0 Å². The summed E-state index contributed by atoms with van der Waals surface area (Å²) in [5.74, 6) is -0.685. The summed E-state index contributed by atoms with van der Waals surface area (Å²) in [6.45, 7) is 1.43. The van der Waals surface area contributed by atoms with Gasteiger partial charge in [0.2, 0.25) is 5.91 Å². The van der Waals surface area contributed by atoms with Gasteiger partial charge in [-0.3, -0.25) is 4.79 Å². The Morgan fingerprint density at radius 1 is 1.43 bits per heavy atom. The highest BCUT2D eigenvalue weighted by molar-refractivity contribution is 6.01. The number of carbonyl (C=O) groups is 1. The third kappa shape index (κ3) is 2.14. The fourth-order valence-electron chi connectivity index (χ4n) is 3.84. The Bertz CT molecular complexity index is 575. The number of nitrogens with zero attached hydrogens (tertiary/aromatic N) is 1. The molecule has 1 aromatic rings. The number of hydrogen-bond donors (Lipinski definition) is 1. The van der Waals surface area contributed by atoms with E-state index in [1.165, 1.54) is 30.0 Å². The molecule has 3 atom stereocenters. The van der Waals surface area contributed by atoms with E-state index in [0.717, 1.165) is 12.8 Å². The predicted octanol–water partition coefficient (Wildman–Crippen LogP) is 2.79. The van der Waals surface area contributed by atoms with Crippen LogP contribution in [-0.4, -0.2) is 24.2 Å². The number of rotatable bonds is 1. The van der Waals surface area contributed by atoms with Crippen molar-refractivity contribution in [1.29, 1.82) is 0 Å². The molecule has 0 aromatic heterocycles. The van der Waals surface area contributed by atoms with E-state index in [1.807, 2.05) is 0 Å². The summed E-state index contributed by atoms with van der Waals surface area (Å²) < 4.78 is 28.6. The molecular weight excluding hydrogens is 274 g/mol. The standard InChI is InChI=1S/C16H20F2N2O/c1-15(18)10-20(13-6-2-4-11(17)8-13)14(21)16(15)7-3-5-12(19)9-16/h2,4,6,8,12H,3,5,7,9-10,19H2,1H3. The predicted molar refractivity (Wildman–Crippen MR) is 77.1 cm³/mol. The van der Waals surface area contributed by atoms with Crippen LogP contribution in [0.15, 0.2) is 24.3 Å². The quantitative estimate of drug-likeness (QED) is 0.865. The minimum absolute atomic E-state index is 0.0397. The van der Waals surface area contributed by atoms with Gasteiger partial charge in [-0.1, -0.05) is 12.5 Å². The highest BCUT2D eigenvalue weighted by Gasteiger charge is 2.63. The Morgan fingerprint density at radius 3 is 2.86 bits per heavy atom. The van der Waals surface area contributed by atoms with Gasteiger partial charge >= 0.3 is 0 Å². The fourth-order valence-corrected chi connectivity index (χ4v) is 3.84. The number of benzene rings is 1. The molecular formula is C16H20F2N2O. The van der Waals surface area contributed by atoms with Crippen molar-refractivity contribution in [3.63, 3.8) is 0 Å². The number of carbonyl (C=O) groups excluding carboxylic acids is 1. The lowest BCUT2D eigenvalue weighted by molar-refractivity contribution is -0.133. The summed E-state index contributed by atoms with van der Waals surface area (Å²) in [5.41, 5.74) is 3.70. The summed E-state index contributed by atoms with van der Waals surface area (Å²) >= 11 is 0. The molecule has 1 aliphatic heterocycles. The second-order valence-corrected chi connectivity index (χ2v) is 6.51. The normalized spacial score (nSPS) is 36.5.